The van der Waals surface area contributed by atoms with Gasteiger partial charge in [0.2, 0.25) is 5.90 Å². The van der Waals surface area contributed by atoms with Crippen LogP contribution in [0.1, 0.15) is 37.0 Å². The summed E-state index contributed by atoms with van der Waals surface area (Å²) in [4.78, 5) is 16.7. The third-order valence-corrected chi connectivity index (χ3v) is 5.82. The minimum absolute atomic E-state index is 0.155. The highest BCUT2D eigenvalue weighted by Gasteiger charge is 2.25. The minimum Gasteiger partial charge on any atom is -0.489 e. The average molecular weight is 587 g/mol. The van der Waals surface area contributed by atoms with Gasteiger partial charge in [-0.05, 0) is 101 Å². The fraction of sp³-hybridized carbons (Fsp3) is 0.238. The van der Waals surface area contributed by atoms with Gasteiger partial charge in [0.05, 0.1) is 13.2 Å². The second-order valence-electron chi connectivity index (χ2n) is 6.30. The van der Waals surface area contributed by atoms with Gasteiger partial charge in [0.15, 0.2) is 5.70 Å². The molecular formula is C21H19I2NO3. The van der Waals surface area contributed by atoms with Crippen LogP contribution >= 0.6 is 45.2 Å². The van der Waals surface area contributed by atoms with Crippen LogP contribution in [0.15, 0.2) is 47.1 Å². The molecule has 0 aromatic heterocycles. The zero-order valence-electron chi connectivity index (χ0n) is 15.3. The van der Waals surface area contributed by atoms with E-state index >= 15 is 0 Å². The number of ether oxygens (including phenoxy) is 2. The molecule has 0 N–H and O–H groups in total. The van der Waals surface area contributed by atoms with Crippen molar-refractivity contribution in [1.29, 1.82) is 0 Å². The number of rotatable bonds is 5. The molecule has 0 spiro atoms. The Morgan fingerprint density at radius 3 is 2.52 bits per heavy atom. The standard InChI is InChI=1S/C21H19I2NO3/c1-4-13(3)26-19-16(22)9-14(10-17(19)23)11-18-21(25)27-20(24-18)15-8-6-5-7-12(15)2/h5-11,13H,4H2,1-3H3/b18-11-. The molecule has 1 atom stereocenters. The van der Waals surface area contributed by atoms with Crippen molar-refractivity contribution in [3.05, 3.63) is 65.9 Å². The molecule has 3 rings (SSSR count). The van der Waals surface area contributed by atoms with Crippen molar-refractivity contribution in [3.63, 3.8) is 0 Å². The molecule has 6 heteroatoms. The van der Waals surface area contributed by atoms with E-state index in [0.29, 0.717) is 11.6 Å². The van der Waals surface area contributed by atoms with Crippen molar-refractivity contribution in [1.82, 2.24) is 0 Å². The van der Waals surface area contributed by atoms with Crippen LogP contribution in [0.5, 0.6) is 5.75 Å². The van der Waals surface area contributed by atoms with Crippen LogP contribution in [0.2, 0.25) is 0 Å². The lowest BCUT2D eigenvalue weighted by atomic mass is 10.1. The normalized spacial score (nSPS) is 16.3. The van der Waals surface area contributed by atoms with Gasteiger partial charge in [0.1, 0.15) is 5.75 Å². The number of nitrogens with zero attached hydrogens (tertiary/aromatic N) is 1. The highest BCUT2D eigenvalue weighted by atomic mass is 127. The predicted molar refractivity (Wildman–Crippen MR) is 124 cm³/mol. The van der Waals surface area contributed by atoms with E-state index in [4.69, 9.17) is 9.47 Å². The molecule has 1 aliphatic heterocycles. The summed E-state index contributed by atoms with van der Waals surface area (Å²) in [5.74, 6) is 0.800. The van der Waals surface area contributed by atoms with Crippen molar-refractivity contribution in [2.75, 3.05) is 0 Å². The summed E-state index contributed by atoms with van der Waals surface area (Å²) in [6, 6.07) is 11.7. The molecule has 0 bridgehead atoms. The second-order valence-corrected chi connectivity index (χ2v) is 8.63. The van der Waals surface area contributed by atoms with E-state index in [2.05, 4.69) is 64.0 Å². The summed E-state index contributed by atoms with van der Waals surface area (Å²) < 4.78 is 13.4. The van der Waals surface area contributed by atoms with Gasteiger partial charge in [0.25, 0.3) is 0 Å². The van der Waals surface area contributed by atoms with Crippen LogP contribution in [-0.4, -0.2) is 18.0 Å². The molecule has 140 valence electrons. The predicted octanol–water partition coefficient (Wildman–Crippen LogP) is 5.73. The zero-order chi connectivity index (χ0) is 19.6. The van der Waals surface area contributed by atoms with E-state index in [1.165, 1.54) is 0 Å². The molecule has 1 heterocycles. The van der Waals surface area contributed by atoms with Crippen LogP contribution in [0.4, 0.5) is 0 Å². The van der Waals surface area contributed by atoms with Crippen molar-refractivity contribution in [2.45, 2.75) is 33.3 Å². The van der Waals surface area contributed by atoms with Gasteiger partial charge < -0.3 is 9.47 Å². The summed E-state index contributed by atoms with van der Waals surface area (Å²) in [6.45, 7) is 6.12. The third-order valence-electron chi connectivity index (χ3n) is 4.21. The first-order valence-corrected chi connectivity index (χ1v) is 10.8. The molecular weight excluding hydrogens is 568 g/mol. The first-order valence-electron chi connectivity index (χ1n) is 8.63. The Kier molecular flexibility index (Phi) is 6.56. The van der Waals surface area contributed by atoms with E-state index in [-0.39, 0.29) is 6.10 Å². The molecule has 2 aromatic carbocycles. The third kappa shape index (κ3) is 4.71. The Balaban J connectivity index is 1.92. The maximum Gasteiger partial charge on any atom is 0.363 e. The topological polar surface area (TPSA) is 47.9 Å². The number of halogens is 2. The Morgan fingerprint density at radius 2 is 1.89 bits per heavy atom. The maximum absolute atomic E-state index is 12.3. The molecule has 1 aliphatic rings. The lowest BCUT2D eigenvalue weighted by Crippen LogP contribution is -2.11. The average Bonchev–Trinajstić information content (AvgIpc) is 2.98. The molecule has 0 amide bonds. The first kappa shape index (κ1) is 20.3. The number of cyclic esters (lactones) is 1. The van der Waals surface area contributed by atoms with Gasteiger partial charge in [-0.1, -0.05) is 25.1 Å². The van der Waals surface area contributed by atoms with Gasteiger partial charge in [-0.2, -0.15) is 0 Å². The molecule has 0 radical (unpaired) electrons. The van der Waals surface area contributed by atoms with Crippen LogP contribution in [0, 0.1) is 14.1 Å². The lowest BCUT2D eigenvalue weighted by molar-refractivity contribution is -0.129. The van der Waals surface area contributed by atoms with Crippen molar-refractivity contribution >= 4 is 63.1 Å². The van der Waals surface area contributed by atoms with Crippen molar-refractivity contribution in [3.8, 4) is 5.75 Å². The van der Waals surface area contributed by atoms with E-state index < -0.39 is 5.97 Å². The van der Waals surface area contributed by atoms with E-state index in [0.717, 1.165) is 36.0 Å². The summed E-state index contributed by atoms with van der Waals surface area (Å²) in [6.07, 6.45) is 2.85. The molecule has 0 fully saturated rings. The fourth-order valence-corrected chi connectivity index (χ4v) is 4.63. The fourth-order valence-electron chi connectivity index (χ4n) is 2.56. The summed E-state index contributed by atoms with van der Waals surface area (Å²) in [5.41, 5.74) is 3.04. The number of hydrogen-bond donors (Lipinski definition) is 0. The van der Waals surface area contributed by atoms with Crippen LogP contribution in [0.3, 0.4) is 0 Å². The molecule has 2 aromatic rings. The number of esters is 1. The number of carbonyl (C=O) groups excluding carboxylic acids is 1. The quantitative estimate of drug-likeness (QED) is 0.256. The number of aryl methyl sites for hydroxylation is 1. The van der Waals surface area contributed by atoms with Crippen LogP contribution in [-0.2, 0) is 9.53 Å². The Morgan fingerprint density at radius 1 is 1.22 bits per heavy atom. The number of carbonyl (C=O) groups is 1. The SMILES string of the molecule is CCC(C)Oc1c(I)cc(/C=C2\N=C(c3ccccc3C)OC2=O)cc1I. The Labute approximate surface area is 186 Å². The highest BCUT2D eigenvalue weighted by Crippen LogP contribution is 2.31. The lowest BCUT2D eigenvalue weighted by Gasteiger charge is -2.16. The molecule has 27 heavy (non-hydrogen) atoms. The van der Waals surface area contributed by atoms with Gasteiger partial charge in [-0.3, -0.25) is 0 Å². The van der Waals surface area contributed by atoms with E-state index in [1.54, 1.807) is 6.08 Å². The Hall–Kier alpha value is -1.42. The molecule has 0 saturated heterocycles. The minimum atomic E-state index is -0.432. The smallest absolute Gasteiger partial charge is 0.363 e. The van der Waals surface area contributed by atoms with Gasteiger partial charge in [0, 0.05) is 5.56 Å². The summed E-state index contributed by atoms with van der Waals surface area (Å²) in [5, 5.41) is 0. The monoisotopic (exact) mass is 587 g/mol. The van der Waals surface area contributed by atoms with Gasteiger partial charge in [-0.25, -0.2) is 9.79 Å². The number of aliphatic imine (C=N–C) groups is 1. The number of hydrogen-bond acceptors (Lipinski definition) is 4. The number of benzene rings is 2. The van der Waals surface area contributed by atoms with Gasteiger partial charge in [-0.15, -0.1) is 0 Å². The van der Waals surface area contributed by atoms with E-state index in [9.17, 15) is 4.79 Å². The van der Waals surface area contributed by atoms with Crippen molar-refractivity contribution in [2.24, 2.45) is 4.99 Å². The second kappa shape index (κ2) is 8.72. The highest BCUT2D eigenvalue weighted by molar-refractivity contribution is 14.1. The van der Waals surface area contributed by atoms with Gasteiger partial charge >= 0.3 is 5.97 Å². The van der Waals surface area contributed by atoms with Crippen molar-refractivity contribution < 1.29 is 14.3 Å². The molecule has 0 saturated carbocycles. The van der Waals surface area contributed by atoms with Crippen LogP contribution in [0.25, 0.3) is 6.08 Å². The summed E-state index contributed by atoms with van der Waals surface area (Å²) >= 11 is 4.52. The van der Waals surface area contributed by atoms with E-state index in [1.807, 2.05) is 43.3 Å². The zero-order valence-corrected chi connectivity index (χ0v) is 19.6. The molecule has 4 nitrogen and oxygen atoms in total. The maximum atomic E-state index is 12.3. The molecule has 1 unspecified atom stereocenters. The first-order chi connectivity index (χ1) is 12.9. The largest absolute Gasteiger partial charge is 0.489 e. The Bertz CT molecular complexity index is 927. The molecule has 0 aliphatic carbocycles. The van der Waals surface area contributed by atoms with Crippen LogP contribution < -0.4 is 4.74 Å². The summed E-state index contributed by atoms with van der Waals surface area (Å²) in [7, 11) is 0.